The van der Waals surface area contributed by atoms with E-state index in [4.69, 9.17) is 9.98 Å². The topological polar surface area (TPSA) is 36.8 Å². The number of rotatable bonds is 3. The van der Waals surface area contributed by atoms with Gasteiger partial charge in [-0.25, -0.2) is 9.98 Å². The van der Waals surface area contributed by atoms with Gasteiger partial charge in [0.2, 0.25) is 0 Å². The first-order valence-electron chi connectivity index (χ1n) is 20.8. The molecule has 5 aromatic rings. The van der Waals surface area contributed by atoms with E-state index in [1.807, 2.05) is 0 Å². The molecule has 0 radical (unpaired) electrons. The Balaban J connectivity index is 1.11. The van der Waals surface area contributed by atoms with Crippen molar-refractivity contribution in [3.05, 3.63) is 213 Å². The molecule has 1 saturated carbocycles. The van der Waals surface area contributed by atoms with Crippen LogP contribution in [-0.2, 0) is 5.41 Å². The molecule has 3 nitrogen and oxygen atoms in total. The Labute approximate surface area is 330 Å². The maximum atomic E-state index is 5.35. The van der Waals surface area contributed by atoms with Gasteiger partial charge in [0.25, 0.3) is 0 Å². The minimum Gasteiger partial charge on any atom is -0.324 e. The van der Waals surface area contributed by atoms with E-state index in [1.165, 1.54) is 65.5 Å². The second-order valence-corrected chi connectivity index (χ2v) is 17.3. The number of aliphatic imine (C=N–C) groups is 2. The summed E-state index contributed by atoms with van der Waals surface area (Å²) < 4.78 is 0. The number of nitrogens with zero attached hydrogens (tertiary/aromatic N) is 2. The standard InChI is InChI=1S/C53H45N3/c1-52-43-23-10-9-21-40(43)41-31-47-42(32-46(41)52)48-39(22-14-24-44(48)53(47)27-11-4-12-28-53)36-20-13-19-35(29-36)38-26-25-37(30-45(38)52)51-55-49(33-15-5-2-6-16-33)54-50(56-51)34-17-7-3-8-18-34/h2-3,5-10,13-21,23-26,29-32,39,41,46,51H,4,11-12,22,27-28H2,1H3,(H,54,55,56). The molecule has 1 N–H and O–H groups in total. The number of nitrogens with one attached hydrogen (secondary N) is 1. The van der Waals surface area contributed by atoms with E-state index < -0.39 is 6.17 Å². The lowest BCUT2D eigenvalue weighted by molar-refractivity contribution is 0.300. The third kappa shape index (κ3) is 4.52. The van der Waals surface area contributed by atoms with Crippen LogP contribution in [0.2, 0.25) is 0 Å². The first kappa shape index (κ1) is 32.4. The minimum absolute atomic E-state index is 0.137. The first-order chi connectivity index (χ1) is 27.6. The first-order valence-corrected chi connectivity index (χ1v) is 20.8. The highest BCUT2D eigenvalue weighted by molar-refractivity contribution is 6.15. The van der Waals surface area contributed by atoms with Crippen LogP contribution in [-0.4, -0.2) is 11.7 Å². The lowest BCUT2D eigenvalue weighted by Gasteiger charge is -2.41. The van der Waals surface area contributed by atoms with Crippen molar-refractivity contribution in [1.29, 1.82) is 0 Å². The fourth-order valence-electron chi connectivity index (χ4n) is 12.0. The van der Waals surface area contributed by atoms with Crippen molar-refractivity contribution in [3.8, 4) is 11.1 Å². The molecule has 0 saturated heterocycles. The molecule has 4 bridgehead atoms. The maximum Gasteiger partial charge on any atom is 0.169 e. The van der Waals surface area contributed by atoms with Gasteiger partial charge in [0.1, 0.15) is 11.7 Å². The predicted octanol–water partition coefficient (Wildman–Crippen LogP) is 12.1. The largest absolute Gasteiger partial charge is 0.324 e. The molecule has 1 fully saturated rings. The molecule has 7 aliphatic rings. The second kappa shape index (κ2) is 12.1. The molecule has 1 aliphatic heterocycles. The van der Waals surface area contributed by atoms with Gasteiger partial charge >= 0.3 is 0 Å². The summed E-state index contributed by atoms with van der Waals surface area (Å²) in [4.78, 5) is 10.7. The van der Waals surface area contributed by atoms with Crippen LogP contribution in [0.4, 0.5) is 0 Å². The Bertz CT molecular complexity index is 2590. The Morgan fingerprint density at radius 3 is 2.12 bits per heavy atom. The van der Waals surface area contributed by atoms with E-state index >= 15 is 0 Å². The number of allylic oxidation sites excluding steroid dienone is 8. The van der Waals surface area contributed by atoms with Gasteiger partial charge in [-0.15, -0.1) is 0 Å². The molecule has 0 aromatic heterocycles. The summed E-state index contributed by atoms with van der Waals surface area (Å²) in [5.41, 5.74) is 17.9. The molecule has 4 unspecified atom stereocenters. The monoisotopic (exact) mass is 723 g/mol. The molecular formula is C53H45N3. The van der Waals surface area contributed by atoms with E-state index in [0.717, 1.165) is 34.8 Å². The summed E-state index contributed by atoms with van der Waals surface area (Å²) in [5.74, 6) is 2.66. The van der Waals surface area contributed by atoms with Gasteiger partial charge in [0.15, 0.2) is 6.17 Å². The van der Waals surface area contributed by atoms with Crippen LogP contribution in [0.25, 0.3) is 11.1 Å². The van der Waals surface area contributed by atoms with Crippen molar-refractivity contribution in [2.75, 3.05) is 0 Å². The zero-order valence-corrected chi connectivity index (χ0v) is 31.9. The predicted molar refractivity (Wildman–Crippen MR) is 228 cm³/mol. The van der Waals surface area contributed by atoms with Crippen LogP contribution in [0.5, 0.6) is 0 Å². The summed E-state index contributed by atoms with van der Waals surface area (Å²) in [7, 11) is 0. The normalized spacial score (nSPS) is 26.3. The van der Waals surface area contributed by atoms with Gasteiger partial charge in [-0.05, 0) is 80.5 Å². The van der Waals surface area contributed by atoms with Crippen LogP contribution < -0.4 is 5.32 Å². The lowest BCUT2D eigenvalue weighted by Crippen LogP contribution is -2.36. The number of benzene rings is 5. The Hall–Kier alpha value is -5.80. The number of hydrogen-bond donors (Lipinski definition) is 1. The zero-order chi connectivity index (χ0) is 37.0. The highest BCUT2D eigenvalue weighted by Gasteiger charge is 2.56. The number of hydrogen-bond acceptors (Lipinski definition) is 3. The second-order valence-electron chi connectivity index (χ2n) is 17.3. The third-order valence-electron chi connectivity index (χ3n) is 14.6. The maximum absolute atomic E-state index is 5.35. The molecule has 6 aliphatic carbocycles. The SMILES string of the molecule is CC12c3cc(C4N=C(c5ccccc5)NC(c5ccccc5)=N4)ccc3-c3cccc(c3)C3CC=CC4=C3C3=CC1C(C=C3C41CCCCC1)c1ccccc12. The summed E-state index contributed by atoms with van der Waals surface area (Å²) in [5, 5.41) is 3.60. The molecule has 272 valence electrons. The Kier molecular flexibility index (Phi) is 7.01. The van der Waals surface area contributed by atoms with Crippen molar-refractivity contribution < 1.29 is 0 Å². The van der Waals surface area contributed by atoms with Crippen LogP contribution in [0.1, 0.15) is 102 Å². The number of amidine groups is 2. The lowest BCUT2D eigenvalue weighted by atomic mass is 9.62. The Morgan fingerprint density at radius 2 is 1.36 bits per heavy atom. The molecule has 56 heavy (non-hydrogen) atoms. The average Bonchev–Trinajstić information content (AvgIpc) is 3.68. The fraction of sp³-hybridized carbons (Fsp3) is 0.245. The van der Waals surface area contributed by atoms with E-state index in [2.05, 4.69) is 164 Å². The summed E-state index contributed by atoms with van der Waals surface area (Å²) in [6.45, 7) is 2.55. The van der Waals surface area contributed by atoms with Crippen molar-refractivity contribution in [2.45, 2.75) is 68.9 Å². The van der Waals surface area contributed by atoms with Crippen LogP contribution in [0, 0.1) is 11.3 Å². The fourth-order valence-corrected chi connectivity index (χ4v) is 12.0. The van der Waals surface area contributed by atoms with Gasteiger partial charge in [0.05, 0.1) is 0 Å². The average molecular weight is 724 g/mol. The molecule has 12 rings (SSSR count). The van der Waals surface area contributed by atoms with Crippen molar-refractivity contribution in [3.63, 3.8) is 0 Å². The highest BCUT2D eigenvalue weighted by Crippen LogP contribution is 2.68. The van der Waals surface area contributed by atoms with Gasteiger partial charge in [0, 0.05) is 39.7 Å². The molecule has 5 aromatic carbocycles. The summed E-state index contributed by atoms with van der Waals surface area (Å²) in [6, 6.07) is 47.1. The van der Waals surface area contributed by atoms with Crippen molar-refractivity contribution in [2.24, 2.45) is 21.3 Å². The van der Waals surface area contributed by atoms with Gasteiger partial charge in [-0.3, -0.25) is 0 Å². The molecule has 4 atom stereocenters. The van der Waals surface area contributed by atoms with E-state index in [9.17, 15) is 0 Å². The zero-order valence-electron chi connectivity index (χ0n) is 31.9. The highest BCUT2D eigenvalue weighted by atomic mass is 15.2. The Morgan fingerprint density at radius 1 is 0.643 bits per heavy atom. The van der Waals surface area contributed by atoms with Crippen molar-refractivity contribution in [1.82, 2.24) is 5.32 Å². The van der Waals surface area contributed by atoms with Crippen LogP contribution >= 0.6 is 0 Å². The van der Waals surface area contributed by atoms with Gasteiger partial charge in [-0.1, -0.05) is 178 Å². The van der Waals surface area contributed by atoms with E-state index in [0.29, 0.717) is 11.8 Å². The quantitative estimate of drug-likeness (QED) is 0.198. The molecule has 0 amide bonds. The molecule has 3 heteroatoms. The molecule has 1 spiro atoms. The number of fused-ring (bicyclic) bond motifs is 11. The summed E-state index contributed by atoms with van der Waals surface area (Å²) >= 11 is 0. The van der Waals surface area contributed by atoms with Crippen LogP contribution in [0.3, 0.4) is 0 Å². The minimum atomic E-state index is -0.397. The van der Waals surface area contributed by atoms with Crippen LogP contribution in [0.15, 0.2) is 184 Å². The van der Waals surface area contributed by atoms with Gasteiger partial charge < -0.3 is 5.32 Å². The van der Waals surface area contributed by atoms with Gasteiger partial charge in [-0.2, -0.15) is 0 Å². The molecule has 1 heterocycles. The van der Waals surface area contributed by atoms with Crippen molar-refractivity contribution >= 4 is 11.7 Å². The molecular weight excluding hydrogens is 679 g/mol. The summed E-state index contributed by atoms with van der Waals surface area (Å²) in [6.07, 6.45) is 17.8. The third-order valence-corrected chi connectivity index (χ3v) is 14.6. The smallest absolute Gasteiger partial charge is 0.169 e. The van der Waals surface area contributed by atoms with E-state index in [1.54, 1.807) is 22.3 Å². The van der Waals surface area contributed by atoms with E-state index in [-0.39, 0.29) is 16.7 Å².